The Morgan fingerprint density at radius 3 is 2.23 bits per heavy atom. The normalized spacial score (nSPS) is 20.8. The number of hydrogen-bond donors (Lipinski definition) is 0. The summed E-state index contributed by atoms with van der Waals surface area (Å²) in [6.45, 7) is 12.2. The summed E-state index contributed by atoms with van der Waals surface area (Å²) >= 11 is 0. The lowest BCUT2D eigenvalue weighted by Gasteiger charge is -2.39. The fourth-order valence-electron chi connectivity index (χ4n) is 4.60. The van der Waals surface area contributed by atoms with Gasteiger partial charge in [-0.2, -0.15) is 0 Å². The van der Waals surface area contributed by atoms with Crippen LogP contribution in [0, 0.1) is 12.8 Å². The van der Waals surface area contributed by atoms with Gasteiger partial charge in [-0.15, -0.1) is 0 Å². The summed E-state index contributed by atoms with van der Waals surface area (Å²) in [4.78, 5) is 26.3. The molecule has 162 valence electrons. The number of anilines is 1. The summed E-state index contributed by atoms with van der Waals surface area (Å²) in [5, 5.41) is 0. The van der Waals surface area contributed by atoms with E-state index in [1.165, 1.54) is 12.8 Å². The lowest BCUT2D eigenvalue weighted by molar-refractivity contribution is -0.121. The Morgan fingerprint density at radius 2 is 1.70 bits per heavy atom. The Bertz CT molecular complexity index is 848. The topological polar surface area (TPSA) is 49.3 Å². The molecule has 4 rings (SSSR count). The van der Waals surface area contributed by atoms with Gasteiger partial charge in [0, 0.05) is 55.5 Å². The largest absolute Gasteiger partial charge is 0.332 e. The monoisotopic (exact) mass is 408 g/mol. The molecule has 2 unspecified atom stereocenters. The number of carbonyl (C=O) groups excluding carboxylic acids is 1. The Labute approximate surface area is 181 Å². The van der Waals surface area contributed by atoms with Crippen LogP contribution in [0.3, 0.4) is 0 Å². The van der Waals surface area contributed by atoms with Crippen molar-refractivity contribution in [3.8, 4) is 11.1 Å². The van der Waals surface area contributed by atoms with E-state index in [0.29, 0.717) is 18.5 Å². The van der Waals surface area contributed by atoms with Gasteiger partial charge >= 0.3 is 0 Å². The maximum atomic E-state index is 12.0. The molecule has 2 aromatic rings. The van der Waals surface area contributed by atoms with E-state index in [2.05, 4.69) is 42.0 Å². The van der Waals surface area contributed by atoms with Crippen LogP contribution in [-0.2, 0) is 11.2 Å². The lowest BCUT2D eigenvalue weighted by atomic mass is 9.96. The van der Waals surface area contributed by atoms with Crippen LogP contribution in [0.25, 0.3) is 11.1 Å². The number of carbonyl (C=O) groups is 1. The van der Waals surface area contributed by atoms with Crippen LogP contribution in [0.2, 0.25) is 0 Å². The highest BCUT2D eigenvalue weighted by molar-refractivity contribution is 5.83. The van der Waals surface area contributed by atoms with Crippen molar-refractivity contribution in [2.45, 2.75) is 66.0 Å². The minimum absolute atomic E-state index is 0.0748. The summed E-state index contributed by atoms with van der Waals surface area (Å²) in [6.07, 6.45) is 6.86. The summed E-state index contributed by atoms with van der Waals surface area (Å²) < 4.78 is 0. The first-order valence-electron chi connectivity index (χ1n) is 11.3. The van der Waals surface area contributed by atoms with E-state index in [1.54, 1.807) is 0 Å². The van der Waals surface area contributed by atoms with Crippen LogP contribution in [0.4, 0.5) is 5.95 Å². The Kier molecular flexibility index (Phi) is 7.24. The summed E-state index contributed by atoms with van der Waals surface area (Å²) in [5.41, 5.74) is 4.40. The molecule has 0 N–H and O–H groups in total. The van der Waals surface area contributed by atoms with Crippen LogP contribution < -0.4 is 4.90 Å². The SMILES string of the molecule is CC.Cc1cc(CC(=O)C(C)C)ccc1-c1cnc(N2C3CCC2CN(C)C3)nc1. The third-order valence-electron chi connectivity index (χ3n) is 6.16. The molecule has 2 atom stereocenters. The maximum Gasteiger partial charge on any atom is 0.225 e. The predicted octanol–water partition coefficient (Wildman–Crippen LogP) is 4.53. The standard InChI is InChI=1S/C23H30N4O.C2H6/c1-15(2)22(28)10-17-5-8-21(16(3)9-17)18-11-24-23(25-12-18)27-19-6-7-20(27)14-26(4)13-19;1-2/h5,8-9,11-12,15,19-20H,6-7,10,13-14H2,1-4H3;1-2H3. The van der Waals surface area contributed by atoms with Crippen molar-refractivity contribution < 1.29 is 4.79 Å². The molecule has 3 heterocycles. The third kappa shape index (κ3) is 4.72. The van der Waals surface area contributed by atoms with Crippen molar-refractivity contribution >= 4 is 11.7 Å². The van der Waals surface area contributed by atoms with Crippen molar-refractivity contribution in [1.29, 1.82) is 0 Å². The highest BCUT2D eigenvalue weighted by atomic mass is 16.1. The van der Waals surface area contributed by atoms with Crippen molar-refractivity contribution in [3.05, 3.63) is 41.7 Å². The smallest absolute Gasteiger partial charge is 0.225 e. The van der Waals surface area contributed by atoms with Crippen molar-refractivity contribution in [2.24, 2.45) is 5.92 Å². The number of rotatable bonds is 5. The molecule has 1 aromatic heterocycles. The van der Waals surface area contributed by atoms with Crippen molar-refractivity contribution in [3.63, 3.8) is 0 Å². The van der Waals surface area contributed by atoms with E-state index in [0.717, 1.165) is 41.3 Å². The first-order valence-corrected chi connectivity index (χ1v) is 11.3. The highest BCUT2D eigenvalue weighted by Crippen LogP contribution is 2.33. The second kappa shape index (κ2) is 9.69. The summed E-state index contributed by atoms with van der Waals surface area (Å²) in [6, 6.07) is 7.33. The van der Waals surface area contributed by atoms with Gasteiger partial charge in [0.2, 0.25) is 5.95 Å². The van der Waals surface area contributed by atoms with Gasteiger partial charge in [0.25, 0.3) is 0 Å². The van der Waals surface area contributed by atoms with E-state index in [9.17, 15) is 4.79 Å². The first kappa shape index (κ1) is 22.4. The average Bonchev–Trinajstić information content (AvgIpc) is 3.01. The van der Waals surface area contributed by atoms with Gasteiger partial charge in [-0.25, -0.2) is 9.97 Å². The number of benzene rings is 1. The maximum absolute atomic E-state index is 12.0. The number of aromatic nitrogens is 2. The number of hydrogen-bond acceptors (Lipinski definition) is 5. The fraction of sp³-hybridized carbons (Fsp3) is 0.560. The third-order valence-corrected chi connectivity index (χ3v) is 6.16. The number of piperazine rings is 1. The average molecular weight is 409 g/mol. The number of ketones is 1. The van der Waals surface area contributed by atoms with Crippen molar-refractivity contribution in [1.82, 2.24) is 14.9 Å². The van der Waals surface area contributed by atoms with Crippen LogP contribution >= 0.6 is 0 Å². The number of likely N-dealkylation sites (N-methyl/N-ethyl adjacent to an activating group) is 1. The molecule has 0 saturated carbocycles. The molecule has 5 nitrogen and oxygen atoms in total. The summed E-state index contributed by atoms with van der Waals surface area (Å²) in [7, 11) is 2.20. The molecule has 0 radical (unpaired) electrons. The number of fused-ring (bicyclic) bond motifs is 2. The minimum atomic E-state index is 0.0748. The van der Waals surface area contributed by atoms with E-state index >= 15 is 0 Å². The Morgan fingerprint density at radius 1 is 1.10 bits per heavy atom. The molecule has 0 amide bonds. The van der Waals surface area contributed by atoms with Gasteiger partial charge in [-0.1, -0.05) is 45.9 Å². The van der Waals surface area contributed by atoms with Gasteiger partial charge in [0.05, 0.1) is 0 Å². The summed E-state index contributed by atoms with van der Waals surface area (Å²) in [5.74, 6) is 1.22. The molecule has 2 bridgehead atoms. The molecule has 2 aliphatic heterocycles. The molecule has 2 fully saturated rings. The lowest BCUT2D eigenvalue weighted by Crippen LogP contribution is -2.53. The minimum Gasteiger partial charge on any atom is -0.332 e. The van der Waals surface area contributed by atoms with Crippen LogP contribution in [0.15, 0.2) is 30.6 Å². The molecule has 30 heavy (non-hydrogen) atoms. The van der Waals surface area contributed by atoms with E-state index in [4.69, 9.17) is 9.97 Å². The fourth-order valence-corrected chi connectivity index (χ4v) is 4.60. The molecular formula is C25H36N4O. The molecular weight excluding hydrogens is 372 g/mol. The molecule has 1 aromatic carbocycles. The van der Waals surface area contributed by atoms with Crippen molar-refractivity contribution in [2.75, 3.05) is 25.0 Å². The molecule has 5 heteroatoms. The van der Waals surface area contributed by atoms with E-state index in [1.807, 2.05) is 40.1 Å². The van der Waals surface area contributed by atoms with Crippen LogP contribution in [-0.4, -0.2) is 52.9 Å². The highest BCUT2D eigenvalue weighted by Gasteiger charge is 2.40. The molecule has 0 aliphatic carbocycles. The Hall–Kier alpha value is -2.27. The quantitative estimate of drug-likeness (QED) is 0.727. The van der Waals surface area contributed by atoms with Gasteiger partial charge in [-0.3, -0.25) is 4.79 Å². The molecule has 2 aliphatic rings. The number of likely N-dealkylation sites (tertiary alicyclic amines) is 1. The van der Waals surface area contributed by atoms with Gasteiger partial charge in [0.1, 0.15) is 5.78 Å². The second-order valence-corrected chi connectivity index (χ2v) is 8.73. The van der Waals surface area contributed by atoms with Crippen LogP contribution in [0.1, 0.15) is 51.7 Å². The second-order valence-electron chi connectivity index (χ2n) is 8.73. The van der Waals surface area contributed by atoms with Gasteiger partial charge in [-0.05, 0) is 43.5 Å². The first-order chi connectivity index (χ1) is 14.4. The number of aryl methyl sites for hydroxylation is 1. The zero-order valence-electron chi connectivity index (χ0n) is 19.4. The predicted molar refractivity (Wildman–Crippen MR) is 124 cm³/mol. The zero-order chi connectivity index (χ0) is 21.8. The van der Waals surface area contributed by atoms with Crippen LogP contribution in [0.5, 0.6) is 0 Å². The van der Waals surface area contributed by atoms with E-state index in [-0.39, 0.29) is 11.7 Å². The van der Waals surface area contributed by atoms with E-state index < -0.39 is 0 Å². The molecule has 0 spiro atoms. The number of Topliss-reactive ketones (excluding diaryl/α,β-unsaturated/α-hetero) is 1. The van der Waals surface area contributed by atoms with Gasteiger partial charge in [0.15, 0.2) is 0 Å². The molecule has 2 saturated heterocycles. The zero-order valence-corrected chi connectivity index (χ0v) is 19.4. The number of nitrogens with zero attached hydrogens (tertiary/aromatic N) is 4. The Balaban J connectivity index is 0.00000124. The van der Waals surface area contributed by atoms with Gasteiger partial charge < -0.3 is 9.80 Å².